The Labute approximate surface area is 116 Å². The molecule has 1 aromatic heterocycles. The molecule has 1 aromatic carbocycles. The van der Waals surface area contributed by atoms with Gasteiger partial charge >= 0.3 is 0 Å². The van der Waals surface area contributed by atoms with Crippen LogP contribution in [0.4, 0.5) is 0 Å². The largest absolute Gasteiger partial charge is 0.469 e. The molecule has 3 nitrogen and oxygen atoms in total. The van der Waals surface area contributed by atoms with Crippen molar-refractivity contribution in [3.05, 3.63) is 58.0 Å². The van der Waals surface area contributed by atoms with E-state index in [0.717, 1.165) is 24.2 Å². The number of benzene rings is 1. The van der Waals surface area contributed by atoms with Crippen molar-refractivity contribution in [3.63, 3.8) is 0 Å². The quantitative estimate of drug-likeness (QED) is 0.650. The third-order valence-corrected chi connectivity index (χ3v) is 3.65. The fourth-order valence-electron chi connectivity index (χ4n) is 1.86. The van der Waals surface area contributed by atoms with E-state index in [9.17, 15) is 0 Å². The zero-order valence-corrected chi connectivity index (χ0v) is 11.2. The first-order valence-corrected chi connectivity index (χ1v) is 6.40. The Kier molecular flexibility index (Phi) is 4.66. The third-order valence-electron chi connectivity index (χ3n) is 2.82. The molecule has 3 N–H and O–H groups in total. The number of hydrogen-bond donors (Lipinski definition) is 2. The Morgan fingerprint density at radius 2 is 2.06 bits per heavy atom. The van der Waals surface area contributed by atoms with Crippen LogP contribution in [0.5, 0.6) is 0 Å². The minimum absolute atomic E-state index is 0.0544. The summed E-state index contributed by atoms with van der Waals surface area (Å²) in [7, 11) is 0. The van der Waals surface area contributed by atoms with E-state index in [0.29, 0.717) is 10.0 Å². The molecule has 5 heteroatoms. The van der Waals surface area contributed by atoms with Crippen molar-refractivity contribution in [1.82, 2.24) is 5.43 Å². The Morgan fingerprint density at radius 3 is 2.72 bits per heavy atom. The third kappa shape index (κ3) is 3.06. The molecular weight excluding hydrogens is 271 g/mol. The molecule has 0 aliphatic heterocycles. The van der Waals surface area contributed by atoms with Crippen molar-refractivity contribution >= 4 is 23.2 Å². The molecule has 2 rings (SSSR count). The molecule has 0 spiro atoms. The van der Waals surface area contributed by atoms with Crippen LogP contribution in [0, 0.1) is 0 Å². The molecule has 2 aromatic rings. The Balaban J connectivity index is 2.10. The van der Waals surface area contributed by atoms with Gasteiger partial charge in [0.25, 0.3) is 0 Å². The van der Waals surface area contributed by atoms with Crippen molar-refractivity contribution in [3.8, 4) is 0 Å². The molecule has 96 valence electrons. The average Bonchev–Trinajstić information content (AvgIpc) is 2.88. The molecule has 18 heavy (non-hydrogen) atoms. The first-order valence-electron chi connectivity index (χ1n) is 5.64. The van der Waals surface area contributed by atoms with E-state index in [2.05, 4.69) is 5.43 Å². The Morgan fingerprint density at radius 1 is 1.22 bits per heavy atom. The van der Waals surface area contributed by atoms with E-state index in [1.54, 1.807) is 12.3 Å². The molecular formula is C13H14Cl2N2O. The van der Waals surface area contributed by atoms with Crippen LogP contribution >= 0.6 is 23.2 Å². The minimum Gasteiger partial charge on any atom is -0.469 e. The Bertz CT molecular complexity index is 500. The minimum atomic E-state index is -0.0544. The molecule has 0 fully saturated rings. The summed E-state index contributed by atoms with van der Waals surface area (Å²) < 4.78 is 5.29. The maximum Gasteiger partial charge on any atom is 0.103 e. The molecule has 1 atom stereocenters. The van der Waals surface area contributed by atoms with Gasteiger partial charge in [0.2, 0.25) is 0 Å². The van der Waals surface area contributed by atoms with Crippen LogP contribution in [0.1, 0.15) is 23.8 Å². The van der Waals surface area contributed by atoms with Gasteiger partial charge in [-0.15, -0.1) is 0 Å². The number of hydrazine groups is 1. The van der Waals surface area contributed by atoms with Crippen molar-refractivity contribution in [2.45, 2.75) is 18.9 Å². The highest BCUT2D eigenvalue weighted by Crippen LogP contribution is 2.31. The molecule has 0 aliphatic carbocycles. The number of furan rings is 1. The molecule has 1 heterocycles. The van der Waals surface area contributed by atoms with Gasteiger partial charge in [-0.05, 0) is 30.2 Å². The summed E-state index contributed by atoms with van der Waals surface area (Å²) in [6.45, 7) is 0. The van der Waals surface area contributed by atoms with Gasteiger partial charge in [-0.25, -0.2) is 0 Å². The van der Waals surface area contributed by atoms with Crippen LogP contribution in [0.3, 0.4) is 0 Å². The summed E-state index contributed by atoms with van der Waals surface area (Å²) in [5, 5.41) is 1.08. The molecule has 0 amide bonds. The topological polar surface area (TPSA) is 51.2 Å². The number of hydrogen-bond acceptors (Lipinski definition) is 3. The van der Waals surface area contributed by atoms with Crippen molar-refractivity contribution < 1.29 is 4.42 Å². The highest BCUT2D eigenvalue weighted by Gasteiger charge is 2.15. The zero-order chi connectivity index (χ0) is 13.0. The normalized spacial score (nSPS) is 12.6. The van der Waals surface area contributed by atoms with Gasteiger partial charge in [0.05, 0.1) is 16.3 Å². The maximum atomic E-state index is 6.18. The van der Waals surface area contributed by atoms with Crippen LogP contribution < -0.4 is 11.3 Å². The lowest BCUT2D eigenvalue weighted by atomic mass is 10.0. The highest BCUT2D eigenvalue weighted by molar-refractivity contribution is 6.42. The van der Waals surface area contributed by atoms with Crippen LogP contribution in [0.25, 0.3) is 0 Å². The van der Waals surface area contributed by atoms with Crippen molar-refractivity contribution in [1.29, 1.82) is 0 Å². The molecule has 1 unspecified atom stereocenters. The lowest BCUT2D eigenvalue weighted by Crippen LogP contribution is -2.28. The van der Waals surface area contributed by atoms with Crippen LogP contribution in [-0.2, 0) is 6.42 Å². The van der Waals surface area contributed by atoms with E-state index < -0.39 is 0 Å². The second-order valence-electron chi connectivity index (χ2n) is 3.98. The van der Waals surface area contributed by atoms with E-state index in [1.807, 2.05) is 24.3 Å². The number of aryl methyl sites for hydroxylation is 1. The van der Waals surface area contributed by atoms with Gasteiger partial charge in [0.1, 0.15) is 5.76 Å². The van der Waals surface area contributed by atoms with E-state index >= 15 is 0 Å². The SMILES string of the molecule is NNC(CCc1ccco1)c1cccc(Cl)c1Cl. The Hall–Kier alpha value is -1.000. The summed E-state index contributed by atoms with van der Waals surface area (Å²) in [6.07, 6.45) is 3.22. The predicted octanol–water partition coefficient (Wildman–Crippen LogP) is 3.72. The number of nitrogens with two attached hydrogens (primary N) is 1. The fraction of sp³-hybridized carbons (Fsp3) is 0.231. The van der Waals surface area contributed by atoms with Crippen molar-refractivity contribution in [2.24, 2.45) is 5.84 Å². The first-order chi connectivity index (χ1) is 8.72. The monoisotopic (exact) mass is 284 g/mol. The zero-order valence-electron chi connectivity index (χ0n) is 9.70. The second kappa shape index (κ2) is 6.25. The fourth-order valence-corrected chi connectivity index (χ4v) is 2.30. The van der Waals surface area contributed by atoms with E-state index in [4.69, 9.17) is 33.5 Å². The van der Waals surface area contributed by atoms with E-state index in [-0.39, 0.29) is 6.04 Å². The number of rotatable bonds is 5. The average molecular weight is 285 g/mol. The van der Waals surface area contributed by atoms with Gasteiger partial charge in [0.15, 0.2) is 0 Å². The van der Waals surface area contributed by atoms with Gasteiger partial charge < -0.3 is 4.42 Å². The lowest BCUT2D eigenvalue weighted by Gasteiger charge is -2.17. The summed E-state index contributed by atoms with van der Waals surface area (Å²) in [4.78, 5) is 0. The molecule has 0 aliphatic rings. The van der Waals surface area contributed by atoms with Crippen LogP contribution in [-0.4, -0.2) is 0 Å². The van der Waals surface area contributed by atoms with Crippen molar-refractivity contribution in [2.75, 3.05) is 0 Å². The molecule has 0 radical (unpaired) electrons. The number of halogens is 2. The standard InChI is InChI=1S/C13H14Cl2N2O/c14-11-5-1-4-10(13(11)15)12(17-16)7-6-9-3-2-8-18-9/h1-5,8,12,17H,6-7,16H2. The lowest BCUT2D eigenvalue weighted by molar-refractivity contribution is 0.458. The summed E-state index contributed by atoms with van der Waals surface area (Å²) >= 11 is 12.2. The van der Waals surface area contributed by atoms with Gasteiger partial charge in [-0.2, -0.15) is 0 Å². The van der Waals surface area contributed by atoms with Gasteiger partial charge in [0, 0.05) is 12.5 Å². The summed E-state index contributed by atoms with van der Waals surface area (Å²) in [6, 6.07) is 9.29. The van der Waals surface area contributed by atoms with Gasteiger partial charge in [-0.3, -0.25) is 11.3 Å². The summed E-state index contributed by atoms with van der Waals surface area (Å²) in [5.74, 6) is 6.51. The van der Waals surface area contributed by atoms with E-state index in [1.165, 1.54) is 0 Å². The molecule has 0 saturated heterocycles. The summed E-state index contributed by atoms with van der Waals surface area (Å²) in [5.41, 5.74) is 3.67. The highest BCUT2D eigenvalue weighted by atomic mass is 35.5. The van der Waals surface area contributed by atoms with Crippen LogP contribution in [0.2, 0.25) is 10.0 Å². The first kappa shape index (κ1) is 13.4. The molecule has 0 saturated carbocycles. The van der Waals surface area contributed by atoms with Gasteiger partial charge in [-0.1, -0.05) is 35.3 Å². The second-order valence-corrected chi connectivity index (χ2v) is 4.77. The van der Waals surface area contributed by atoms with Crippen LogP contribution in [0.15, 0.2) is 41.0 Å². The smallest absolute Gasteiger partial charge is 0.103 e. The number of nitrogens with one attached hydrogen (secondary N) is 1. The molecule has 0 bridgehead atoms. The predicted molar refractivity (Wildman–Crippen MR) is 73.6 cm³/mol. The maximum absolute atomic E-state index is 6.18.